The minimum Gasteiger partial charge on any atom is -0.301 e. The van der Waals surface area contributed by atoms with Crippen LogP contribution in [0.5, 0.6) is 0 Å². The lowest BCUT2D eigenvalue weighted by molar-refractivity contribution is -0.785. The lowest BCUT2D eigenvalue weighted by Gasteiger charge is -2.15. The number of hydrogen-bond acceptors (Lipinski definition) is 5. The highest BCUT2D eigenvalue weighted by Crippen LogP contribution is 2.08. The fourth-order valence-corrected chi connectivity index (χ4v) is 0.542. The van der Waals surface area contributed by atoms with Crippen molar-refractivity contribution >= 4 is 0 Å². The van der Waals surface area contributed by atoms with Crippen molar-refractivity contribution in [2.24, 2.45) is 0 Å². The second kappa shape index (κ2) is 3.13. The zero-order valence-electron chi connectivity index (χ0n) is 6.14. The first-order valence-corrected chi connectivity index (χ1v) is 2.79. The fourth-order valence-electron chi connectivity index (χ4n) is 0.542. The van der Waals surface area contributed by atoms with Gasteiger partial charge in [0.1, 0.15) is 0 Å². The summed E-state index contributed by atoms with van der Waals surface area (Å²) in [6, 6.07) is 0. The maximum absolute atomic E-state index is 9.90. The molecule has 0 spiro atoms. The Hall–Kier alpha value is -1.40. The van der Waals surface area contributed by atoms with Crippen LogP contribution in [0.15, 0.2) is 0 Å². The van der Waals surface area contributed by atoms with Crippen molar-refractivity contribution < 1.29 is 14.8 Å². The molecule has 7 nitrogen and oxygen atoms in total. The van der Waals surface area contributed by atoms with Crippen molar-refractivity contribution in [3.63, 3.8) is 0 Å². The molecule has 0 heterocycles. The smallest absolute Gasteiger partial charge is 0.295 e. The molecule has 0 N–H and O–H groups in total. The third-order valence-electron chi connectivity index (χ3n) is 0.832. The van der Waals surface area contributed by atoms with Crippen LogP contribution in [0.25, 0.3) is 0 Å². The predicted molar refractivity (Wildman–Crippen MR) is 34.0 cm³/mol. The van der Waals surface area contributed by atoms with Crippen molar-refractivity contribution in [2.45, 2.75) is 19.4 Å². The Labute approximate surface area is 62.2 Å². The van der Waals surface area contributed by atoms with Gasteiger partial charge in [-0.3, -0.25) is 10.1 Å². The molecule has 0 atom stereocenters. The highest BCUT2D eigenvalue weighted by atomic mass is 17.0. The average molecular weight is 164 g/mol. The van der Waals surface area contributed by atoms with Crippen molar-refractivity contribution in [1.82, 2.24) is 0 Å². The minimum atomic E-state index is -1.35. The summed E-state index contributed by atoms with van der Waals surface area (Å²) in [6.45, 7) is 1.96. The van der Waals surface area contributed by atoms with E-state index in [1.165, 1.54) is 13.8 Å². The first-order valence-electron chi connectivity index (χ1n) is 2.79. The second-order valence-corrected chi connectivity index (χ2v) is 2.57. The monoisotopic (exact) mass is 164 g/mol. The van der Waals surface area contributed by atoms with Crippen molar-refractivity contribution in [1.29, 1.82) is 0 Å². The molecule has 0 aliphatic carbocycles. The molecule has 0 aliphatic heterocycles. The van der Waals surface area contributed by atoms with Gasteiger partial charge in [0.05, 0.1) is 0 Å². The van der Waals surface area contributed by atoms with E-state index in [0.717, 1.165) is 0 Å². The Balaban J connectivity index is 3.99. The summed E-state index contributed by atoms with van der Waals surface area (Å²) in [5.74, 6) is 0. The predicted octanol–water partition coefficient (Wildman–Crippen LogP) is 0.250. The van der Waals surface area contributed by atoms with Crippen LogP contribution < -0.4 is 0 Å². The molecule has 11 heavy (non-hydrogen) atoms. The van der Waals surface area contributed by atoms with Gasteiger partial charge in [-0.05, 0) is 13.8 Å². The van der Waals surface area contributed by atoms with Gasteiger partial charge in [0.15, 0.2) is 5.60 Å². The van der Waals surface area contributed by atoms with Gasteiger partial charge in [-0.2, -0.15) is 0 Å². The van der Waals surface area contributed by atoms with E-state index >= 15 is 0 Å². The molecule has 0 aromatic heterocycles. The number of nitrogens with zero attached hydrogens (tertiary/aromatic N) is 2. The van der Waals surface area contributed by atoms with Gasteiger partial charge in [-0.25, -0.2) is 0 Å². The quantitative estimate of drug-likeness (QED) is 0.438. The maximum Gasteiger partial charge on any atom is 0.295 e. The highest BCUT2D eigenvalue weighted by Gasteiger charge is 2.28. The Morgan fingerprint density at radius 3 is 2.09 bits per heavy atom. The first kappa shape index (κ1) is 9.60. The number of nitro groups is 1. The van der Waals surface area contributed by atoms with Gasteiger partial charge < -0.3 is 4.84 Å². The van der Waals surface area contributed by atoms with Gasteiger partial charge in [0.2, 0.25) is 6.54 Å². The Morgan fingerprint density at radius 1 is 1.36 bits per heavy atom. The van der Waals surface area contributed by atoms with Gasteiger partial charge in [-0.15, -0.1) is 10.1 Å². The highest BCUT2D eigenvalue weighted by molar-refractivity contribution is 4.63. The second-order valence-electron chi connectivity index (χ2n) is 2.57. The minimum absolute atomic E-state index is 0.589. The molecule has 0 bridgehead atoms. The fraction of sp³-hybridized carbons (Fsp3) is 1.00. The standard InChI is InChI=1S/C4H8N2O5/c1-4(2,3-5(7)8)11-6(9)10/h3H2,1-2H3. The molecule has 0 fully saturated rings. The summed E-state index contributed by atoms with van der Waals surface area (Å²) in [4.78, 5) is 23.0. The van der Waals surface area contributed by atoms with Crippen LogP contribution in [0.3, 0.4) is 0 Å². The molecule has 0 aliphatic rings. The SMILES string of the molecule is CC(C)(C[N+](=O)[O-])O[N+](=O)[O-]. The average Bonchev–Trinajstić information content (AvgIpc) is 1.53. The Bertz CT molecular complexity index is 159. The van der Waals surface area contributed by atoms with Crippen molar-refractivity contribution in [3.05, 3.63) is 20.2 Å². The van der Waals surface area contributed by atoms with E-state index in [0.29, 0.717) is 0 Å². The van der Waals surface area contributed by atoms with E-state index in [-0.39, 0.29) is 0 Å². The van der Waals surface area contributed by atoms with E-state index in [1.807, 2.05) is 0 Å². The number of rotatable bonds is 4. The van der Waals surface area contributed by atoms with Crippen LogP contribution in [0.4, 0.5) is 0 Å². The topological polar surface area (TPSA) is 95.5 Å². The molecule has 0 aromatic carbocycles. The summed E-state index contributed by atoms with van der Waals surface area (Å²) < 4.78 is 0. The molecule has 0 rings (SSSR count). The molecule has 64 valence electrons. The molecular formula is C4H8N2O5. The largest absolute Gasteiger partial charge is 0.301 e. The summed E-state index contributed by atoms with van der Waals surface area (Å²) in [7, 11) is 0. The molecule has 0 radical (unpaired) electrons. The van der Waals surface area contributed by atoms with E-state index in [1.54, 1.807) is 0 Å². The van der Waals surface area contributed by atoms with Gasteiger partial charge in [0, 0.05) is 4.92 Å². The normalized spacial score (nSPS) is 10.7. The van der Waals surface area contributed by atoms with Crippen LogP contribution in [0.2, 0.25) is 0 Å². The molecule has 0 amide bonds. The zero-order valence-corrected chi connectivity index (χ0v) is 6.14. The zero-order chi connectivity index (χ0) is 9.07. The van der Waals surface area contributed by atoms with Crippen LogP contribution in [-0.4, -0.2) is 22.2 Å². The van der Waals surface area contributed by atoms with Crippen LogP contribution >= 0.6 is 0 Å². The van der Waals surface area contributed by atoms with E-state index in [4.69, 9.17) is 0 Å². The third-order valence-corrected chi connectivity index (χ3v) is 0.832. The molecule has 0 unspecified atom stereocenters. The molecule has 0 saturated carbocycles. The molecule has 7 heteroatoms. The van der Waals surface area contributed by atoms with Crippen molar-refractivity contribution in [3.8, 4) is 0 Å². The van der Waals surface area contributed by atoms with Gasteiger partial charge in [-0.1, -0.05) is 0 Å². The summed E-state index contributed by atoms with van der Waals surface area (Å²) in [5.41, 5.74) is -1.35. The molecule has 0 saturated heterocycles. The molecular weight excluding hydrogens is 156 g/mol. The molecule has 0 aromatic rings. The maximum atomic E-state index is 9.90. The van der Waals surface area contributed by atoms with E-state index < -0.39 is 22.2 Å². The Morgan fingerprint density at radius 2 is 1.82 bits per heavy atom. The van der Waals surface area contributed by atoms with Gasteiger partial charge in [0.25, 0.3) is 5.09 Å². The van der Waals surface area contributed by atoms with Crippen molar-refractivity contribution in [2.75, 3.05) is 6.54 Å². The lowest BCUT2D eigenvalue weighted by Crippen LogP contribution is -2.35. The van der Waals surface area contributed by atoms with E-state index in [9.17, 15) is 20.2 Å². The summed E-state index contributed by atoms with van der Waals surface area (Å²) >= 11 is 0. The lowest BCUT2D eigenvalue weighted by atomic mass is 10.1. The number of hydrogen-bond donors (Lipinski definition) is 0. The summed E-state index contributed by atoms with van der Waals surface area (Å²) in [6.07, 6.45) is 0. The van der Waals surface area contributed by atoms with Crippen LogP contribution in [0, 0.1) is 20.2 Å². The first-order chi connectivity index (χ1) is 4.83. The Kier molecular flexibility index (Phi) is 2.73. The summed E-state index contributed by atoms with van der Waals surface area (Å²) in [5, 5.41) is 18.6. The van der Waals surface area contributed by atoms with Crippen LogP contribution in [0.1, 0.15) is 13.8 Å². The van der Waals surface area contributed by atoms with E-state index in [2.05, 4.69) is 4.84 Å². The van der Waals surface area contributed by atoms with Gasteiger partial charge >= 0.3 is 0 Å². The third kappa shape index (κ3) is 5.07. The van der Waals surface area contributed by atoms with Crippen LogP contribution in [-0.2, 0) is 4.84 Å².